The largest absolute Gasteiger partial charge is 0.507 e. The third-order valence-electron chi connectivity index (χ3n) is 2.73. The third-order valence-corrected chi connectivity index (χ3v) is 2.73. The Balaban J connectivity index is 3.06. The second kappa shape index (κ2) is 5.08. The third kappa shape index (κ3) is 2.90. The number of benzene rings is 1. The number of hydrogen-bond acceptors (Lipinski definition) is 4. The average molecular weight is 238 g/mol. The van der Waals surface area contributed by atoms with E-state index in [0.29, 0.717) is 12.3 Å². The molecular weight excluding hydrogens is 220 g/mol. The van der Waals surface area contributed by atoms with Crippen molar-refractivity contribution in [2.75, 3.05) is 0 Å². The summed E-state index contributed by atoms with van der Waals surface area (Å²) in [5, 5.41) is 28.7. The number of phenolic OH excluding ortho intramolecular Hbond substituents is 3. The van der Waals surface area contributed by atoms with Crippen LogP contribution in [0.2, 0.25) is 0 Å². The molecule has 0 atom stereocenters. The van der Waals surface area contributed by atoms with Crippen LogP contribution in [-0.4, -0.2) is 21.1 Å². The molecule has 1 aromatic carbocycles. The van der Waals surface area contributed by atoms with E-state index in [4.69, 9.17) is 0 Å². The molecule has 0 aliphatic rings. The lowest BCUT2D eigenvalue weighted by Gasteiger charge is -2.11. The lowest BCUT2D eigenvalue weighted by molar-refractivity contribution is 0.0970. The number of aromatic hydroxyl groups is 3. The maximum Gasteiger partial charge on any atom is 0.170 e. The number of carbonyl (C=O) groups is 1. The first-order chi connectivity index (χ1) is 7.84. The highest BCUT2D eigenvalue weighted by Crippen LogP contribution is 2.37. The lowest BCUT2D eigenvalue weighted by atomic mass is 9.98. The van der Waals surface area contributed by atoms with Crippen molar-refractivity contribution in [1.82, 2.24) is 0 Å². The molecule has 17 heavy (non-hydrogen) atoms. The molecule has 0 aliphatic heterocycles. The second-order valence-corrected chi connectivity index (χ2v) is 4.62. The fraction of sp³-hybridized carbons (Fsp3) is 0.462. The van der Waals surface area contributed by atoms with Crippen molar-refractivity contribution in [2.45, 2.75) is 33.6 Å². The predicted molar refractivity (Wildman–Crippen MR) is 64.6 cm³/mol. The van der Waals surface area contributed by atoms with Crippen LogP contribution in [0.15, 0.2) is 6.07 Å². The van der Waals surface area contributed by atoms with E-state index in [1.165, 1.54) is 6.92 Å². The van der Waals surface area contributed by atoms with E-state index in [1.54, 1.807) is 0 Å². The van der Waals surface area contributed by atoms with Gasteiger partial charge in [-0.25, -0.2) is 0 Å². The van der Waals surface area contributed by atoms with Crippen LogP contribution in [0.1, 0.15) is 42.6 Å². The molecule has 0 bridgehead atoms. The minimum atomic E-state index is -0.376. The highest BCUT2D eigenvalue weighted by Gasteiger charge is 2.20. The molecule has 0 spiro atoms. The van der Waals surface area contributed by atoms with Gasteiger partial charge in [0.1, 0.15) is 22.8 Å². The first-order valence-corrected chi connectivity index (χ1v) is 5.62. The molecule has 4 nitrogen and oxygen atoms in total. The van der Waals surface area contributed by atoms with Crippen LogP contribution < -0.4 is 0 Å². The number of Topliss-reactive ketones (excluding diaryl/α,β-unsaturated/α-hetero) is 1. The summed E-state index contributed by atoms with van der Waals surface area (Å²) in [5.74, 6) is -0.866. The minimum Gasteiger partial charge on any atom is -0.507 e. The summed E-state index contributed by atoms with van der Waals surface area (Å²) in [4.78, 5) is 11.9. The van der Waals surface area contributed by atoms with E-state index < -0.39 is 0 Å². The Kier molecular flexibility index (Phi) is 3.99. The van der Waals surface area contributed by atoms with Gasteiger partial charge >= 0.3 is 0 Å². The fourth-order valence-corrected chi connectivity index (χ4v) is 1.56. The Morgan fingerprint density at radius 3 is 2.35 bits per heavy atom. The Labute approximate surface area is 101 Å². The van der Waals surface area contributed by atoms with Gasteiger partial charge in [-0.15, -0.1) is 0 Å². The van der Waals surface area contributed by atoms with Gasteiger partial charge in [0.2, 0.25) is 0 Å². The summed E-state index contributed by atoms with van der Waals surface area (Å²) in [7, 11) is 0. The van der Waals surface area contributed by atoms with Crippen molar-refractivity contribution in [3.8, 4) is 17.2 Å². The molecule has 3 N–H and O–H groups in total. The topological polar surface area (TPSA) is 77.8 Å². The molecule has 0 fully saturated rings. The summed E-state index contributed by atoms with van der Waals surface area (Å²) in [6, 6.07) is 1.08. The Morgan fingerprint density at radius 2 is 1.82 bits per heavy atom. The second-order valence-electron chi connectivity index (χ2n) is 4.62. The molecule has 1 rings (SSSR count). The summed E-state index contributed by atoms with van der Waals surface area (Å²) < 4.78 is 0. The Bertz CT molecular complexity index is 436. The van der Waals surface area contributed by atoms with Crippen LogP contribution in [0.5, 0.6) is 17.2 Å². The van der Waals surface area contributed by atoms with Crippen LogP contribution in [-0.2, 0) is 0 Å². The molecule has 0 amide bonds. The van der Waals surface area contributed by atoms with E-state index in [-0.39, 0.29) is 40.6 Å². The molecule has 0 unspecified atom stereocenters. The van der Waals surface area contributed by atoms with E-state index >= 15 is 0 Å². The Morgan fingerprint density at radius 1 is 1.24 bits per heavy atom. The van der Waals surface area contributed by atoms with Crippen molar-refractivity contribution in [1.29, 1.82) is 0 Å². The quantitative estimate of drug-likeness (QED) is 0.705. The molecule has 0 aromatic heterocycles. The molecule has 1 aromatic rings. The van der Waals surface area contributed by atoms with Crippen molar-refractivity contribution in [3.63, 3.8) is 0 Å². The summed E-state index contributed by atoms with van der Waals surface area (Å²) in [6.45, 7) is 5.48. The number of phenols is 3. The van der Waals surface area contributed by atoms with E-state index in [9.17, 15) is 20.1 Å². The number of hydrogen-bond donors (Lipinski definition) is 3. The normalized spacial score (nSPS) is 10.8. The van der Waals surface area contributed by atoms with Crippen LogP contribution in [0.3, 0.4) is 0 Å². The van der Waals surface area contributed by atoms with Gasteiger partial charge in [0.05, 0.1) is 0 Å². The van der Waals surface area contributed by atoms with Crippen molar-refractivity contribution < 1.29 is 20.1 Å². The zero-order valence-corrected chi connectivity index (χ0v) is 10.3. The van der Waals surface area contributed by atoms with Gasteiger partial charge in [-0.2, -0.15) is 0 Å². The standard InChI is InChI=1S/C13H18O4/c1-7(2)4-5-9(14)12-11(16)6-10(15)8(3)13(12)17/h6-7,15-17H,4-5H2,1-3H3. The van der Waals surface area contributed by atoms with Crippen LogP contribution in [0.25, 0.3) is 0 Å². The minimum absolute atomic E-state index is 0.0963. The monoisotopic (exact) mass is 238 g/mol. The average Bonchev–Trinajstić information content (AvgIpc) is 2.23. The summed E-state index contributed by atoms with van der Waals surface area (Å²) in [6.07, 6.45) is 0.959. The highest BCUT2D eigenvalue weighted by molar-refractivity contribution is 6.01. The number of ketones is 1. The van der Waals surface area contributed by atoms with E-state index in [2.05, 4.69) is 0 Å². The molecule has 0 heterocycles. The summed E-state index contributed by atoms with van der Waals surface area (Å²) in [5.41, 5.74) is 0.108. The van der Waals surface area contributed by atoms with Gasteiger partial charge < -0.3 is 15.3 Å². The van der Waals surface area contributed by atoms with Gasteiger partial charge in [0.25, 0.3) is 0 Å². The molecule has 0 saturated heterocycles. The van der Waals surface area contributed by atoms with E-state index in [0.717, 1.165) is 6.07 Å². The predicted octanol–water partition coefficient (Wildman–Crippen LogP) is 2.73. The molecule has 94 valence electrons. The molecule has 0 saturated carbocycles. The van der Waals surface area contributed by atoms with Gasteiger partial charge in [0.15, 0.2) is 5.78 Å². The molecule has 0 radical (unpaired) electrons. The molecule has 0 aliphatic carbocycles. The molecular formula is C13H18O4. The van der Waals surface area contributed by atoms with Crippen molar-refractivity contribution in [3.05, 3.63) is 17.2 Å². The fourth-order valence-electron chi connectivity index (χ4n) is 1.56. The van der Waals surface area contributed by atoms with E-state index in [1.807, 2.05) is 13.8 Å². The van der Waals surface area contributed by atoms with Gasteiger partial charge in [0, 0.05) is 18.1 Å². The van der Waals surface area contributed by atoms with Crippen molar-refractivity contribution in [2.24, 2.45) is 5.92 Å². The highest BCUT2D eigenvalue weighted by atomic mass is 16.3. The first-order valence-electron chi connectivity index (χ1n) is 5.62. The summed E-state index contributed by atoms with van der Waals surface area (Å²) >= 11 is 0. The lowest BCUT2D eigenvalue weighted by Crippen LogP contribution is -2.03. The number of carbonyl (C=O) groups excluding carboxylic acids is 1. The van der Waals surface area contributed by atoms with Crippen molar-refractivity contribution >= 4 is 5.78 Å². The first kappa shape index (κ1) is 13.4. The van der Waals surface area contributed by atoms with Crippen LogP contribution in [0.4, 0.5) is 0 Å². The van der Waals surface area contributed by atoms with Crippen LogP contribution in [0, 0.1) is 12.8 Å². The SMILES string of the molecule is Cc1c(O)cc(O)c(C(=O)CCC(C)C)c1O. The number of rotatable bonds is 4. The van der Waals surface area contributed by atoms with Gasteiger partial charge in [-0.3, -0.25) is 4.79 Å². The van der Waals surface area contributed by atoms with Gasteiger partial charge in [-0.05, 0) is 19.3 Å². The smallest absolute Gasteiger partial charge is 0.170 e. The molecule has 4 heteroatoms. The van der Waals surface area contributed by atoms with Crippen LogP contribution >= 0.6 is 0 Å². The zero-order chi connectivity index (χ0) is 13.2. The van der Waals surface area contributed by atoms with Gasteiger partial charge in [-0.1, -0.05) is 13.8 Å². The zero-order valence-electron chi connectivity index (χ0n) is 10.3. The maximum absolute atomic E-state index is 11.9. The maximum atomic E-state index is 11.9. The Hall–Kier alpha value is -1.71.